The molecule has 2 aromatic carbocycles. The zero-order valence-electron chi connectivity index (χ0n) is 10.4. The molecule has 94 valence electrons. The number of carbonyl (C=O) groups excluding carboxylic acids is 1. The van der Waals surface area contributed by atoms with Crippen molar-refractivity contribution in [1.29, 1.82) is 0 Å². The van der Waals surface area contributed by atoms with Gasteiger partial charge in [-0.2, -0.15) is 0 Å². The number of carbonyl (C=O) groups is 1. The average molecular weight is 268 g/mol. The van der Waals surface area contributed by atoms with Crippen LogP contribution in [0.25, 0.3) is 5.57 Å². The number of ether oxygens (including phenoxy) is 1. The maximum Gasteiger partial charge on any atom is 0.331 e. The molecule has 0 bridgehead atoms. The summed E-state index contributed by atoms with van der Waals surface area (Å²) in [6.45, 7) is 0. The minimum Gasteiger partial charge on any atom is -0.466 e. The van der Waals surface area contributed by atoms with Crippen LogP contribution < -0.4 is 0 Å². The molecule has 1 heterocycles. The van der Waals surface area contributed by atoms with E-state index in [-0.39, 0.29) is 5.97 Å². The fourth-order valence-corrected chi connectivity index (χ4v) is 3.26. The van der Waals surface area contributed by atoms with Crippen molar-refractivity contribution in [3.05, 3.63) is 65.7 Å². The molecule has 0 radical (unpaired) electrons. The van der Waals surface area contributed by atoms with Crippen LogP contribution in [-0.2, 0) is 9.53 Å². The van der Waals surface area contributed by atoms with E-state index in [0.717, 1.165) is 26.5 Å². The first-order valence-electron chi connectivity index (χ1n) is 5.96. The van der Waals surface area contributed by atoms with Crippen LogP contribution in [0.1, 0.15) is 11.1 Å². The molecule has 0 unspecified atom stereocenters. The normalized spacial score (nSPS) is 12.4. The molecule has 0 spiro atoms. The third-order valence-corrected chi connectivity index (χ3v) is 4.19. The number of hydrogen-bond acceptors (Lipinski definition) is 3. The van der Waals surface area contributed by atoms with E-state index in [4.69, 9.17) is 4.74 Å². The summed E-state index contributed by atoms with van der Waals surface area (Å²) in [6, 6.07) is 16.2. The maximum atomic E-state index is 11.6. The first kappa shape index (κ1) is 12.1. The minimum absolute atomic E-state index is 0.327. The van der Waals surface area contributed by atoms with Crippen LogP contribution >= 0.6 is 11.8 Å². The molecular formula is C16H12O2S. The standard InChI is InChI=1S/C16H12O2S/c1-18-16(17)10-13-11-6-2-4-8-14(11)19-15-9-5-3-7-12(13)15/h2-10H,1H3. The third kappa shape index (κ3) is 2.17. The van der Waals surface area contributed by atoms with Crippen molar-refractivity contribution in [3.8, 4) is 0 Å². The topological polar surface area (TPSA) is 26.3 Å². The lowest BCUT2D eigenvalue weighted by molar-refractivity contribution is -0.134. The Balaban J connectivity index is 2.22. The van der Waals surface area contributed by atoms with Gasteiger partial charge in [0, 0.05) is 15.9 Å². The Hall–Kier alpha value is -2.00. The van der Waals surface area contributed by atoms with Gasteiger partial charge in [0.1, 0.15) is 0 Å². The summed E-state index contributed by atoms with van der Waals surface area (Å²) in [5.74, 6) is -0.327. The molecule has 1 aliphatic heterocycles. The molecule has 0 saturated carbocycles. The number of benzene rings is 2. The summed E-state index contributed by atoms with van der Waals surface area (Å²) in [4.78, 5) is 13.9. The SMILES string of the molecule is COC(=O)C=C1c2ccccc2Sc2ccccc21. The Bertz CT molecular complexity index is 626. The number of fused-ring (bicyclic) bond motifs is 2. The summed E-state index contributed by atoms with van der Waals surface area (Å²) in [6.07, 6.45) is 1.57. The van der Waals surface area contributed by atoms with Gasteiger partial charge in [-0.1, -0.05) is 48.2 Å². The Kier molecular flexibility index (Phi) is 3.13. The summed E-state index contributed by atoms with van der Waals surface area (Å²) in [5, 5.41) is 0. The quantitative estimate of drug-likeness (QED) is 0.496. The van der Waals surface area contributed by atoms with Gasteiger partial charge in [0.2, 0.25) is 0 Å². The van der Waals surface area contributed by atoms with E-state index >= 15 is 0 Å². The van der Waals surface area contributed by atoms with Gasteiger partial charge in [-0.3, -0.25) is 0 Å². The predicted molar refractivity (Wildman–Crippen MR) is 76.1 cm³/mol. The number of esters is 1. The Labute approximate surface area is 116 Å². The van der Waals surface area contributed by atoms with Gasteiger partial charge in [-0.15, -0.1) is 0 Å². The van der Waals surface area contributed by atoms with Gasteiger partial charge >= 0.3 is 5.97 Å². The highest BCUT2D eigenvalue weighted by molar-refractivity contribution is 7.99. The first-order valence-corrected chi connectivity index (χ1v) is 6.77. The minimum atomic E-state index is -0.327. The van der Waals surface area contributed by atoms with Gasteiger partial charge < -0.3 is 4.74 Å². The van der Waals surface area contributed by atoms with Gasteiger partial charge in [0.05, 0.1) is 7.11 Å². The van der Waals surface area contributed by atoms with Crippen LogP contribution in [0, 0.1) is 0 Å². The number of methoxy groups -OCH3 is 1. The van der Waals surface area contributed by atoms with Crippen molar-refractivity contribution in [2.45, 2.75) is 9.79 Å². The van der Waals surface area contributed by atoms with Crippen molar-refractivity contribution >= 4 is 23.3 Å². The highest BCUT2D eigenvalue weighted by Gasteiger charge is 2.20. The Morgan fingerprint density at radius 2 is 1.53 bits per heavy atom. The highest BCUT2D eigenvalue weighted by Crippen LogP contribution is 2.44. The van der Waals surface area contributed by atoms with E-state index in [9.17, 15) is 4.79 Å². The fraction of sp³-hybridized carbons (Fsp3) is 0.0625. The summed E-state index contributed by atoms with van der Waals surface area (Å²) in [7, 11) is 1.40. The van der Waals surface area contributed by atoms with E-state index in [0.29, 0.717) is 0 Å². The van der Waals surface area contributed by atoms with E-state index in [1.807, 2.05) is 36.4 Å². The van der Waals surface area contributed by atoms with Gasteiger partial charge in [-0.05, 0) is 28.8 Å². The molecule has 0 atom stereocenters. The van der Waals surface area contributed by atoms with Gasteiger partial charge in [0.15, 0.2) is 0 Å². The molecule has 0 aliphatic carbocycles. The molecule has 1 aliphatic rings. The maximum absolute atomic E-state index is 11.6. The first-order chi connectivity index (χ1) is 9.29. The second-order valence-corrected chi connectivity index (χ2v) is 5.26. The lowest BCUT2D eigenvalue weighted by Crippen LogP contribution is -2.03. The zero-order chi connectivity index (χ0) is 13.2. The highest BCUT2D eigenvalue weighted by atomic mass is 32.2. The lowest BCUT2D eigenvalue weighted by atomic mass is 9.97. The molecule has 2 nitrogen and oxygen atoms in total. The monoisotopic (exact) mass is 268 g/mol. The molecule has 3 heteroatoms. The van der Waals surface area contributed by atoms with Crippen LogP contribution in [0.2, 0.25) is 0 Å². The van der Waals surface area contributed by atoms with Gasteiger partial charge in [0.25, 0.3) is 0 Å². The molecule has 0 amide bonds. The van der Waals surface area contributed by atoms with E-state index in [1.165, 1.54) is 7.11 Å². The molecule has 0 fully saturated rings. The molecule has 2 aromatic rings. The lowest BCUT2D eigenvalue weighted by Gasteiger charge is -2.21. The summed E-state index contributed by atoms with van der Waals surface area (Å²) in [5.41, 5.74) is 3.09. The van der Waals surface area contributed by atoms with Crippen LogP contribution in [-0.4, -0.2) is 13.1 Å². The van der Waals surface area contributed by atoms with Crippen LogP contribution in [0.15, 0.2) is 64.4 Å². The largest absolute Gasteiger partial charge is 0.466 e. The summed E-state index contributed by atoms with van der Waals surface area (Å²) >= 11 is 1.73. The molecule has 3 rings (SSSR count). The van der Waals surface area contributed by atoms with Crippen molar-refractivity contribution in [2.75, 3.05) is 7.11 Å². The molecule has 0 N–H and O–H groups in total. The third-order valence-electron chi connectivity index (χ3n) is 3.04. The Morgan fingerprint density at radius 1 is 1.00 bits per heavy atom. The van der Waals surface area contributed by atoms with Gasteiger partial charge in [-0.25, -0.2) is 4.79 Å². The van der Waals surface area contributed by atoms with E-state index < -0.39 is 0 Å². The van der Waals surface area contributed by atoms with Crippen molar-refractivity contribution in [2.24, 2.45) is 0 Å². The number of rotatable bonds is 1. The van der Waals surface area contributed by atoms with E-state index in [1.54, 1.807) is 17.8 Å². The summed E-state index contributed by atoms with van der Waals surface area (Å²) < 4.78 is 4.76. The second kappa shape index (κ2) is 4.94. The van der Waals surface area contributed by atoms with Crippen molar-refractivity contribution in [1.82, 2.24) is 0 Å². The van der Waals surface area contributed by atoms with E-state index in [2.05, 4.69) is 12.1 Å². The molecule has 0 aromatic heterocycles. The van der Waals surface area contributed by atoms with Crippen molar-refractivity contribution in [3.63, 3.8) is 0 Å². The number of hydrogen-bond donors (Lipinski definition) is 0. The second-order valence-electron chi connectivity index (χ2n) is 4.18. The molecular weight excluding hydrogens is 256 g/mol. The fourth-order valence-electron chi connectivity index (χ4n) is 2.15. The van der Waals surface area contributed by atoms with Crippen LogP contribution in [0.3, 0.4) is 0 Å². The molecule has 19 heavy (non-hydrogen) atoms. The van der Waals surface area contributed by atoms with Crippen LogP contribution in [0.4, 0.5) is 0 Å². The smallest absolute Gasteiger partial charge is 0.331 e. The predicted octanol–water partition coefficient (Wildman–Crippen LogP) is 3.76. The zero-order valence-corrected chi connectivity index (χ0v) is 11.2. The van der Waals surface area contributed by atoms with Crippen LogP contribution in [0.5, 0.6) is 0 Å². The van der Waals surface area contributed by atoms with Crippen molar-refractivity contribution < 1.29 is 9.53 Å². The average Bonchev–Trinajstić information content (AvgIpc) is 2.46. The Morgan fingerprint density at radius 3 is 2.05 bits per heavy atom. The molecule has 0 saturated heterocycles.